The Kier molecular flexibility index (Phi) is 5.26. The highest BCUT2D eigenvalue weighted by atomic mass is 16.6. The van der Waals surface area contributed by atoms with E-state index in [0.717, 1.165) is 22.5 Å². The molecule has 0 saturated heterocycles. The van der Waals surface area contributed by atoms with Crippen molar-refractivity contribution in [1.29, 1.82) is 0 Å². The van der Waals surface area contributed by atoms with Crippen LogP contribution in [0.5, 0.6) is 11.5 Å². The predicted molar refractivity (Wildman–Crippen MR) is 102 cm³/mol. The molecule has 0 saturated carbocycles. The summed E-state index contributed by atoms with van der Waals surface area (Å²) in [6.07, 6.45) is 1.05. The molecule has 1 amide bonds. The van der Waals surface area contributed by atoms with E-state index in [1.165, 1.54) is 19.2 Å². The van der Waals surface area contributed by atoms with Gasteiger partial charge in [-0.2, -0.15) is 5.10 Å². The molecule has 0 unspecified atom stereocenters. The number of nitrogens with one attached hydrogen (secondary N) is 1. The molecule has 0 bridgehead atoms. The number of aryl methyl sites for hydroxylation is 2. The van der Waals surface area contributed by atoms with Crippen LogP contribution in [0.2, 0.25) is 0 Å². The molecule has 0 aliphatic heterocycles. The number of nitro groups is 1. The number of hydrogen-bond donors (Lipinski definition) is 2. The van der Waals surface area contributed by atoms with Gasteiger partial charge in [0, 0.05) is 19.2 Å². The van der Waals surface area contributed by atoms with E-state index in [9.17, 15) is 24.8 Å². The number of aromatic carboxylic acids is 1. The van der Waals surface area contributed by atoms with E-state index < -0.39 is 16.8 Å². The molecule has 3 rings (SSSR count). The van der Waals surface area contributed by atoms with Gasteiger partial charge in [-0.05, 0) is 19.1 Å². The van der Waals surface area contributed by atoms with Crippen molar-refractivity contribution in [3.8, 4) is 11.5 Å². The minimum absolute atomic E-state index is 0.0730. The van der Waals surface area contributed by atoms with Crippen molar-refractivity contribution in [1.82, 2.24) is 9.78 Å². The number of carboxylic acid groups (broad SMARTS) is 1. The van der Waals surface area contributed by atoms with Gasteiger partial charge in [-0.25, -0.2) is 4.79 Å². The number of anilines is 1. The number of hydrogen-bond acceptors (Lipinski definition) is 6. The van der Waals surface area contributed by atoms with Crippen molar-refractivity contribution >= 4 is 23.3 Å². The quantitative estimate of drug-likeness (QED) is 0.481. The number of amides is 1. The minimum Gasteiger partial charge on any atom is -0.478 e. The Balaban J connectivity index is 1.92. The Morgan fingerprint density at radius 2 is 1.86 bits per heavy atom. The van der Waals surface area contributed by atoms with Crippen LogP contribution in [0, 0.1) is 17.0 Å². The molecular formula is C19H16N4O6. The van der Waals surface area contributed by atoms with Crippen LogP contribution < -0.4 is 10.1 Å². The summed E-state index contributed by atoms with van der Waals surface area (Å²) in [6.45, 7) is 1.91. The number of non-ortho nitro benzene ring substituents is 1. The van der Waals surface area contributed by atoms with Gasteiger partial charge in [0.25, 0.3) is 11.6 Å². The third-order valence-electron chi connectivity index (χ3n) is 4.00. The smallest absolute Gasteiger partial charge is 0.339 e. The minimum atomic E-state index is -1.31. The third kappa shape index (κ3) is 4.38. The molecule has 0 aliphatic carbocycles. The molecule has 0 atom stereocenters. The van der Waals surface area contributed by atoms with Gasteiger partial charge in [0.1, 0.15) is 22.8 Å². The topological polar surface area (TPSA) is 137 Å². The Bertz CT molecular complexity index is 1100. The molecule has 3 aromatic rings. The van der Waals surface area contributed by atoms with E-state index in [-0.39, 0.29) is 28.4 Å². The van der Waals surface area contributed by atoms with Crippen LogP contribution in [0.4, 0.5) is 11.4 Å². The molecule has 0 fully saturated rings. The lowest BCUT2D eigenvalue weighted by atomic mass is 10.2. The number of nitrogens with zero attached hydrogens (tertiary/aromatic N) is 3. The number of carbonyl (C=O) groups is 2. The maximum Gasteiger partial charge on any atom is 0.339 e. The highest BCUT2D eigenvalue weighted by Gasteiger charge is 2.22. The van der Waals surface area contributed by atoms with Gasteiger partial charge in [-0.3, -0.25) is 19.6 Å². The van der Waals surface area contributed by atoms with Crippen LogP contribution in [-0.4, -0.2) is 31.7 Å². The zero-order chi connectivity index (χ0) is 21.1. The molecular weight excluding hydrogens is 380 g/mol. The van der Waals surface area contributed by atoms with Crippen molar-refractivity contribution in [2.75, 3.05) is 5.32 Å². The van der Waals surface area contributed by atoms with Gasteiger partial charge in [-0.1, -0.05) is 17.7 Å². The fourth-order valence-corrected chi connectivity index (χ4v) is 2.62. The van der Waals surface area contributed by atoms with Crippen molar-refractivity contribution < 1.29 is 24.4 Å². The first-order valence-corrected chi connectivity index (χ1v) is 8.35. The SMILES string of the molecule is Cc1ccc(Oc2cc(NC(=O)c3c(C(=O)O)cnn3C)cc([N+](=O)[O-])c2)cc1. The first kappa shape index (κ1) is 19.5. The second kappa shape index (κ2) is 7.80. The Labute approximate surface area is 164 Å². The van der Waals surface area contributed by atoms with E-state index in [2.05, 4.69) is 10.4 Å². The molecule has 2 N–H and O–H groups in total. The Morgan fingerprint density at radius 1 is 1.17 bits per heavy atom. The predicted octanol–water partition coefficient (Wildman–Crippen LogP) is 3.38. The van der Waals surface area contributed by atoms with Gasteiger partial charge >= 0.3 is 5.97 Å². The van der Waals surface area contributed by atoms with Crippen molar-refractivity contribution in [2.45, 2.75) is 6.92 Å². The summed E-state index contributed by atoms with van der Waals surface area (Å²) in [5, 5.41) is 26.7. The fraction of sp³-hybridized carbons (Fsp3) is 0.105. The number of carboxylic acids is 1. The summed E-state index contributed by atoms with van der Waals surface area (Å²) in [6, 6.07) is 10.8. The van der Waals surface area contributed by atoms with Gasteiger partial charge in [0.2, 0.25) is 0 Å². The van der Waals surface area contributed by atoms with Crippen molar-refractivity contribution in [3.05, 3.63) is 75.6 Å². The number of rotatable bonds is 6. The molecule has 10 heteroatoms. The lowest BCUT2D eigenvalue weighted by Crippen LogP contribution is -2.19. The molecule has 10 nitrogen and oxygen atoms in total. The van der Waals surface area contributed by atoms with E-state index in [0.29, 0.717) is 5.75 Å². The maximum absolute atomic E-state index is 12.6. The molecule has 1 aromatic heterocycles. The van der Waals surface area contributed by atoms with Crippen LogP contribution in [0.15, 0.2) is 48.7 Å². The average Bonchev–Trinajstić information content (AvgIpc) is 3.05. The second-order valence-electron chi connectivity index (χ2n) is 6.18. The van der Waals surface area contributed by atoms with E-state index in [1.807, 2.05) is 19.1 Å². The summed E-state index contributed by atoms with van der Waals surface area (Å²) in [5.74, 6) is -1.48. The monoisotopic (exact) mass is 396 g/mol. The lowest BCUT2D eigenvalue weighted by Gasteiger charge is -2.10. The number of carbonyl (C=O) groups excluding carboxylic acids is 1. The first-order chi connectivity index (χ1) is 13.7. The number of nitro benzene ring substituents is 1. The van der Waals surface area contributed by atoms with Crippen LogP contribution in [0.25, 0.3) is 0 Å². The van der Waals surface area contributed by atoms with Gasteiger partial charge in [0.15, 0.2) is 0 Å². The third-order valence-corrected chi connectivity index (χ3v) is 4.00. The molecule has 0 spiro atoms. The molecule has 29 heavy (non-hydrogen) atoms. The highest BCUT2D eigenvalue weighted by molar-refractivity contribution is 6.09. The number of ether oxygens (including phenoxy) is 1. The normalized spacial score (nSPS) is 10.4. The standard InChI is InChI=1S/C19H16N4O6/c1-11-3-5-14(6-4-11)29-15-8-12(7-13(9-15)23(27)28)21-18(24)17-16(19(25)26)10-20-22(17)2/h3-10H,1-2H3,(H,21,24)(H,25,26). The molecule has 148 valence electrons. The lowest BCUT2D eigenvalue weighted by molar-refractivity contribution is -0.384. The Hall–Kier alpha value is -4.21. The maximum atomic E-state index is 12.6. The van der Waals surface area contributed by atoms with Crippen LogP contribution in [-0.2, 0) is 7.05 Å². The van der Waals surface area contributed by atoms with E-state index in [1.54, 1.807) is 12.1 Å². The summed E-state index contributed by atoms with van der Waals surface area (Å²) >= 11 is 0. The number of aromatic nitrogens is 2. The summed E-state index contributed by atoms with van der Waals surface area (Å²) in [7, 11) is 1.42. The van der Waals surface area contributed by atoms with Crippen LogP contribution in [0.1, 0.15) is 26.4 Å². The summed E-state index contributed by atoms with van der Waals surface area (Å²) in [5.41, 5.74) is 0.323. The number of benzene rings is 2. The van der Waals surface area contributed by atoms with Gasteiger partial charge in [0.05, 0.1) is 22.9 Å². The largest absolute Gasteiger partial charge is 0.478 e. The van der Waals surface area contributed by atoms with Crippen molar-refractivity contribution in [3.63, 3.8) is 0 Å². The molecule has 0 radical (unpaired) electrons. The van der Waals surface area contributed by atoms with Crippen molar-refractivity contribution in [2.24, 2.45) is 7.05 Å². The fourth-order valence-electron chi connectivity index (χ4n) is 2.62. The van der Waals surface area contributed by atoms with Gasteiger partial charge in [-0.15, -0.1) is 0 Å². The molecule has 2 aromatic carbocycles. The summed E-state index contributed by atoms with van der Waals surface area (Å²) < 4.78 is 6.77. The van der Waals surface area contributed by atoms with E-state index in [4.69, 9.17) is 4.74 Å². The summed E-state index contributed by atoms with van der Waals surface area (Å²) in [4.78, 5) is 34.5. The molecule has 0 aliphatic rings. The average molecular weight is 396 g/mol. The Morgan fingerprint density at radius 3 is 2.48 bits per heavy atom. The zero-order valence-electron chi connectivity index (χ0n) is 15.4. The van der Waals surface area contributed by atoms with Crippen LogP contribution in [0.3, 0.4) is 0 Å². The first-order valence-electron chi connectivity index (χ1n) is 8.35. The van der Waals surface area contributed by atoms with E-state index >= 15 is 0 Å². The second-order valence-corrected chi connectivity index (χ2v) is 6.18. The van der Waals surface area contributed by atoms with Gasteiger partial charge < -0.3 is 15.2 Å². The highest BCUT2D eigenvalue weighted by Crippen LogP contribution is 2.30. The zero-order valence-corrected chi connectivity index (χ0v) is 15.4. The van der Waals surface area contributed by atoms with Crippen LogP contribution >= 0.6 is 0 Å². The molecule has 1 heterocycles.